The van der Waals surface area contributed by atoms with E-state index < -0.39 is 0 Å². The molecule has 0 aromatic heterocycles. The highest BCUT2D eigenvalue weighted by Gasteiger charge is 2.27. The van der Waals surface area contributed by atoms with E-state index in [0.29, 0.717) is 0 Å². The first kappa shape index (κ1) is 12.9. The van der Waals surface area contributed by atoms with Crippen molar-refractivity contribution in [3.05, 3.63) is 0 Å². The maximum atomic E-state index is 9.70. The van der Waals surface area contributed by atoms with E-state index >= 15 is 0 Å². The fourth-order valence-corrected chi connectivity index (χ4v) is 1.97. The molecule has 0 spiro atoms. The van der Waals surface area contributed by atoms with Crippen molar-refractivity contribution in [1.82, 2.24) is 9.80 Å². The average molecular weight is 214 g/mol. The maximum Gasteiger partial charge on any atom is 0.0575 e. The normalized spacial score (nSPS) is 23.8. The SMILES string of the molecule is CC(O)C(C)(C)CN1CCCN(C)CC1. The van der Waals surface area contributed by atoms with Crippen molar-refractivity contribution in [1.29, 1.82) is 0 Å². The Morgan fingerprint density at radius 3 is 2.47 bits per heavy atom. The highest BCUT2D eigenvalue weighted by Crippen LogP contribution is 2.22. The van der Waals surface area contributed by atoms with Gasteiger partial charge in [0.25, 0.3) is 0 Å². The Kier molecular flexibility index (Phi) is 4.56. The molecule has 1 heterocycles. The second kappa shape index (κ2) is 5.28. The lowest BCUT2D eigenvalue weighted by molar-refractivity contribution is 0.0356. The number of aliphatic hydroxyl groups is 1. The minimum atomic E-state index is -0.238. The van der Waals surface area contributed by atoms with Gasteiger partial charge in [-0.05, 0) is 33.5 Å². The molecular formula is C12H26N2O. The third kappa shape index (κ3) is 4.09. The number of nitrogens with zero attached hydrogens (tertiary/aromatic N) is 2. The second-order valence-corrected chi connectivity index (χ2v) is 5.60. The van der Waals surface area contributed by atoms with Crippen LogP contribution in [0.3, 0.4) is 0 Å². The van der Waals surface area contributed by atoms with E-state index in [2.05, 4.69) is 30.7 Å². The van der Waals surface area contributed by atoms with Crippen molar-refractivity contribution < 1.29 is 5.11 Å². The largest absolute Gasteiger partial charge is 0.393 e. The van der Waals surface area contributed by atoms with Crippen LogP contribution >= 0.6 is 0 Å². The first-order chi connectivity index (χ1) is 6.92. The fourth-order valence-electron chi connectivity index (χ4n) is 1.97. The number of rotatable bonds is 3. The summed E-state index contributed by atoms with van der Waals surface area (Å²) in [4.78, 5) is 4.87. The molecule has 1 saturated heterocycles. The second-order valence-electron chi connectivity index (χ2n) is 5.60. The Balaban J connectivity index is 2.44. The lowest BCUT2D eigenvalue weighted by atomic mass is 9.87. The summed E-state index contributed by atoms with van der Waals surface area (Å²) < 4.78 is 0. The van der Waals surface area contributed by atoms with Gasteiger partial charge in [-0.3, -0.25) is 0 Å². The molecule has 0 aliphatic carbocycles. The van der Waals surface area contributed by atoms with Gasteiger partial charge in [-0.25, -0.2) is 0 Å². The molecule has 3 nitrogen and oxygen atoms in total. The molecule has 90 valence electrons. The molecule has 1 aliphatic rings. The van der Waals surface area contributed by atoms with Crippen LogP contribution in [0.25, 0.3) is 0 Å². The lowest BCUT2D eigenvalue weighted by Gasteiger charge is -2.34. The van der Waals surface area contributed by atoms with Gasteiger partial charge in [0, 0.05) is 25.0 Å². The van der Waals surface area contributed by atoms with Crippen molar-refractivity contribution in [2.75, 3.05) is 39.8 Å². The maximum absolute atomic E-state index is 9.70. The summed E-state index contributed by atoms with van der Waals surface area (Å²) in [5.74, 6) is 0. The molecule has 0 amide bonds. The Bertz CT molecular complexity index is 192. The minimum Gasteiger partial charge on any atom is -0.393 e. The molecule has 1 fully saturated rings. The molecule has 1 N–H and O–H groups in total. The van der Waals surface area contributed by atoms with Crippen molar-refractivity contribution >= 4 is 0 Å². The number of hydrogen-bond donors (Lipinski definition) is 1. The third-order valence-corrected chi connectivity index (χ3v) is 3.57. The smallest absolute Gasteiger partial charge is 0.0575 e. The monoisotopic (exact) mass is 214 g/mol. The predicted molar refractivity (Wildman–Crippen MR) is 64.0 cm³/mol. The molecule has 0 bridgehead atoms. The Morgan fingerprint density at radius 1 is 1.20 bits per heavy atom. The first-order valence-electron chi connectivity index (χ1n) is 6.01. The van der Waals surface area contributed by atoms with Crippen molar-refractivity contribution in [3.63, 3.8) is 0 Å². The van der Waals surface area contributed by atoms with Crippen LogP contribution in [-0.2, 0) is 0 Å². The van der Waals surface area contributed by atoms with E-state index in [0.717, 1.165) is 19.6 Å². The minimum absolute atomic E-state index is 0.00289. The zero-order valence-electron chi connectivity index (χ0n) is 10.7. The van der Waals surface area contributed by atoms with Crippen LogP contribution in [0.5, 0.6) is 0 Å². The van der Waals surface area contributed by atoms with Gasteiger partial charge < -0.3 is 14.9 Å². The fraction of sp³-hybridized carbons (Fsp3) is 1.00. The van der Waals surface area contributed by atoms with Gasteiger partial charge in [0.15, 0.2) is 0 Å². The van der Waals surface area contributed by atoms with Crippen LogP contribution in [0.4, 0.5) is 0 Å². The van der Waals surface area contributed by atoms with Crippen molar-refractivity contribution in [2.45, 2.75) is 33.3 Å². The van der Waals surface area contributed by atoms with E-state index in [-0.39, 0.29) is 11.5 Å². The van der Waals surface area contributed by atoms with Gasteiger partial charge >= 0.3 is 0 Å². The van der Waals surface area contributed by atoms with Crippen LogP contribution in [0.15, 0.2) is 0 Å². The van der Waals surface area contributed by atoms with Gasteiger partial charge in [0.05, 0.1) is 6.10 Å². The molecule has 0 aromatic carbocycles. The summed E-state index contributed by atoms with van der Waals surface area (Å²) in [5.41, 5.74) is 0.00289. The molecule has 1 atom stereocenters. The van der Waals surface area contributed by atoms with Gasteiger partial charge in [-0.15, -0.1) is 0 Å². The van der Waals surface area contributed by atoms with E-state index in [4.69, 9.17) is 0 Å². The Labute approximate surface area is 94.1 Å². The molecule has 15 heavy (non-hydrogen) atoms. The van der Waals surface area contributed by atoms with Crippen LogP contribution in [0.2, 0.25) is 0 Å². The van der Waals surface area contributed by atoms with E-state index in [1.807, 2.05) is 6.92 Å². The van der Waals surface area contributed by atoms with Crippen LogP contribution in [0.1, 0.15) is 27.2 Å². The molecule has 0 aromatic rings. The highest BCUT2D eigenvalue weighted by atomic mass is 16.3. The summed E-state index contributed by atoms with van der Waals surface area (Å²) in [6.07, 6.45) is 1.00. The van der Waals surface area contributed by atoms with Gasteiger partial charge in [-0.1, -0.05) is 13.8 Å². The lowest BCUT2D eigenvalue weighted by Crippen LogP contribution is -2.41. The highest BCUT2D eigenvalue weighted by molar-refractivity contribution is 4.80. The molecule has 1 aliphatic heterocycles. The summed E-state index contributed by atoms with van der Waals surface area (Å²) >= 11 is 0. The number of likely N-dealkylation sites (N-methyl/N-ethyl adjacent to an activating group) is 1. The zero-order chi connectivity index (χ0) is 11.5. The average Bonchev–Trinajstić information content (AvgIpc) is 2.30. The number of aliphatic hydroxyl groups excluding tert-OH is 1. The molecule has 1 unspecified atom stereocenters. The van der Waals surface area contributed by atoms with Gasteiger partial charge in [-0.2, -0.15) is 0 Å². The summed E-state index contributed by atoms with van der Waals surface area (Å²) in [5, 5.41) is 9.70. The predicted octanol–water partition coefficient (Wildman–Crippen LogP) is 1.03. The van der Waals surface area contributed by atoms with Crippen molar-refractivity contribution in [2.24, 2.45) is 5.41 Å². The quantitative estimate of drug-likeness (QED) is 0.760. The summed E-state index contributed by atoms with van der Waals surface area (Å²) in [6.45, 7) is 11.8. The topological polar surface area (TPSA) is 26.7 Å². The molecular weight excluding hydrogens is 188 g/mol. The van der Waals surface area contributed by atoms with Crippen LogP contribution in [-0.4, -0.2) is 60.8 Å². The zero-order valence-corrected chi connectivity index (χ0v) is 10.7. The summed E-state index contributed by atoms with van der Waals surface area (Å²) in [6, 6.07) is 0. The van der Waals surface area contributed by atoms with Gasteiger partial charge in [0.1, 0.15) is 0 Å². The van der Waals surface area contributed by atoms with E-state index in [1.54, 1.807) is 0 Å². The van der Waals surface area contributed by atoms with Crippen LogP contribution in [0, 0.1) is 5.41 Å². The van der Waals surface area contributed by atoms with Crippen molar-refractivity contribution in [3.8, 4) is 0 Å². The Hall–Kier alpha value is -0.120. The third-order valence-electron chi connectivity index (χ3n) is 3.57. The molecule has 0 saturated carbocycles. The van der Waals surface area contributed by atoms with Crippen LogP contribution < -0.4 is 0 Å². The summed E-state index contributed by atoms with van der Waals surface area (Å²) in [7, 11) is 2.18. The standard InChI is InChI=1S/C12H26N2O/c1-11(15)12(2,3)10-14-7-5-6-13(4)8-9-14/h11,15H,5-10H2,1-4H3. The Morgan fingerprint density at radius 2 is 1.87 bits per heavy atom. The molecule has 3 heteroatoms. The molecule has 0 radical (unpaired) electrons. The van der Waals surface area contributed by atoms with E-state index in [1.165, 1.54) is 19.5 Å². The van der Waals surface area contributed by atoms with Gasteiger partial charge in [0.2, 0.25) is 0 Å². The first-order valence-corrected chi connectivity index (χ1v) is 6.01. The van der Waals surface area contributed by atoms with E-state index in [9.17, 15) is 5.11 Å². The number of hydrogen-bond acceptors (Lipinski definition) is 3. The molecule has 1 rings (SSSR count).